The molecule has 0 amide bonds. The Morgan fingerprint density at radius 1 is 1.19 bits per heavy atom. The van der Waals surface area contributed by atoms with Gasteiger partial charge in [0.25, 0.3) is 0 Å². The van der Waals surface area contributed by atoms with E-state index in [0.29, 0.717) is 19.4 Å². The Balaban J connectivity index is 1.81. The van der Waals surface area contributed by atoms with Crippen molar-refractivity contribution in [1.82, 2.24) is 4.90 Å². The molecule has 16 heavy (non-hydrogen) atoms. The molecule has 2 nitrogen and oxygen atoms in total. The van der Waals surface area contributed by atoms with Crippen molar-refractivity contribution in [1.29, 1.82) is 0 Å². The van der Waals surface area contributed by atoms with Crippen LogP contribution in [-0.2, 0) is 4.79 Å². The Bertz CT molecular complexity index is 261. The Labute approximate surface area is 92.8 Å². The molecule has 0 saturated carbocycles. The topological polar surface area (TPSA) is 20.3 Å². The van der Waals surface area contributed by atoms with Gasteiger partial charge in [0, 0.05) is 31.3 Å². The van der Waals surface area contributed by atoms with Crippen LogP contribution in [-0.4, -0.2) is 35.5 Å². The number of ketones is 1. The van der Waals surface area contributed by atoms with Gasteiger partial charge >= 0.3 is 6.18 Å². The third-order valence-corrected chi connectivity index (χ3v) is 3.57. The molecule has 2 heterocycles. The first kappa shape index (κ1) is 11.9. The number of Topliss-reactive ketones (excluding diaryl/α,β-unsaturated/α-hetero) is 1. The molecule has 0 aromatic heterocycles. The van der Waals surface area contributed by atoms with E-state index in [1.54, 1.807) is 0 Å². The van der Waals surface area contributed by atoms with E-state index in [-0.39, 0.29) is 24.3 Å². The molecule has 2 bridgehead atoms. The van der Waals surface area contributed by atoms with Crippen LogP contribution < -0.4 is 0 Å². The first-order valence-electron chi connectivity index (χ1n) is 5.80. The minimum atomic E-state index is -4.05. The molecule has 0 spiro atoms. The number of piperidine rings is 1. The maximum atomic E-state index is 12.0. The summed E-state index contributed by atoms with van der Waals surface area (Å²) in [6, 6.07) is 0.443. The van der Waals surface area contributed by atoms with Gasteiger partial charge in [-0.25, -0.2) is 0 Å². The van der Waals surface area contributed by atoms with E-state index < -0.39 is 12.6 Å². The van der Waals surface area contributed by atoms with E-state index in [0.717, 1.165) is 12.8 Å². The molecule has 0 aromatic carbocycles. The fourth-order valence-electron chi connectivity index (χ4n) is 2.89. The Hall–Kier alpha value is -0.580. The first-order chi connectivity index (χ1) is 7.46. The quantitative estimate of drug-likeness (QED) is 0.749. The lowest BCUT2D eigenvalue weighted by Gasteiger charge is -2.33. The van der Waals surface area contributed by atoms with Crippen LogP contribution in [0, 0.1) is 0 Å². The molecule has 2 aliphatic heterocycles. The monoisotopic (exact) mass is 235 g/mol. The van der Waals surface area contributed by atoms with Crippen molar-refractivity contribution >= 4 is 5.78 Å². The van der Waals surface area contributed by atoms with Crippen molar-refractivity contribution in [3.8, 4) is 0 Å². The fraction of sp³-hybridized carbons (Fsp3) is 0.909. The van der Waals surface area contributed by atoms with Gasteiger partial charge in [-0.15, -0.1) is 0 Å². The molecule has 0 radical (unpaired) electrons. The van der Waals surface area contributed by atoms with Crippen LogP contribution in [0.15, 0.2) is 0 Å². The van der Waals surface area contributed by atoms with Gasteiger partial charge in [-0.2, -0.15) is 13.2 Å². The van der Waals surface area contributed by atoms with Gasteiger partial charge in [-0.05, 0) is 25.8 Å². The summed E-state index contributed by atoms with van der Waals surface area (Å²) in [4.78, 5) is 13.4. The van der Waals surface area contributed by atoms with E-state index in [4.69, 9.17) is 0 Å². The molecule has 92 valence electrons. The van der Waals surface area contributed by atoms with Gasteiger partial charge in [0.2, 0.25) is 0 Å². The Morgan fingerprint density at radius 3 is 2.25 bits per heavy atom. The standard InChI is InChI=1S/C11H16F3NO/c12-11(13,14)4-1-5-15-8-2-3-9(15)7-10(16)6-8/h8-9H,1-7H2. The van der Waals surface area contributed by atoms with E-state index in [1.165, 1.54) is 0 Å². The maximum Gasteiger partial charge on any atom is 0.389 e. The number of rotatable bonds is 3. The van der Waals surface area contributed by atoms with E-state index in [9.17, 15) is 18.0 Å². The molecule has 5 heteroatoms. The number of hydrogen-bond donors (Lipinski definition) is 0. The highest BCUT2D eigenvalue weighted by atomic mass is 19.4. The van der Waals surface area contributed by atoms with Crippen LogP contribution in [0.3, 0.4) is 0 Å². The average Bonchev–Trinajstić information content (AvgIpc) is 2.41. The van der Waals surface area contributed by atoms with Gasteiger partial charge < -0.3 is 0 Å². The van der Waals surface area contributed by atoms with Crippen LogP contribution in [0.1, 0.15) is 38.5 Å². The number of nitrogens with zero attached hydrogens (tertiary/aromatic N) is 1. The predicted molar refractivity (Wildman–Crippen MR) is 53.0 cm³/mol. The molecule has 2 atom stereocenters. The van der Waals surface area contributed by atoms with Gasteiger partial charge in [-0.3, -0.25) is 9.69 Å². The second-order valence-corrected chi connectivity index (χ2v) is 4.79. The molecule has 2 aliphatic rings. The molecule has 2 fully saturated rings. The number of alkyl halides is 3. The molecular weight excluding hydrogens is 219 g/mol. The number of carbonyl (C=O) groups is 1. The molecule has 2 saturated heterocycles. The molecular formula is C11H16F3NO. The lowest BCUT2D eigenvalue weighted by molar-refractivity contribution is -0.137. The average molecular weight is 235 g/mol. The SMILES string of the molecule is O=C1CC2CCC(C1)N2CCCC(F)(F)F. The van der Waals surface area contributed by atoms with E-state index in [1.807, 2.05) is 0 Å². The largest absolute Gasteiger partial charge is 0.389 e. The number of carbonyl (C=O) groups excluding carboxylic acids is 1. The van der Waals surface area contributed by atoms with Crippen molar-refractivity contribution in [2.45, 2.75) is 56.8 Å². The van der Waals surface area contributed by atoms with Crippen molar-refractivity contribution in [2.24, 2.45) is 0 Å². The number of halogens is 3. The van der Waals surface area contributed by atoms with Crippen molar-refractivity contribution in [3.63, 3.8) is 0 Å². The Morgan fingerprint density at radius 2 is 1.75 bits per heavy atom. The van der Waals surface area contributed by atoms with Crippen LogP contribution in [0.25, 0.3) is 0 Å². The highest BCUT2D eigenvalue weighted by molar-refractivity contribution is 5.80. The zero-order valence-corrected chi connectivity index (χ0v) is 9.09. The van der Waals surface area contributed by atoms with Crippen molar-refractivity contribution < 1.29 is 18.0 Å². The lowest BCUT2D eigenvalue weighted by atomic mass is 10.0. The van der Waals surface area contributed by atoms with Gasteiger partial charge in [0.1, 0.15) is 5.78 Å². The molecule has 0 N–H and O–H groups in total. The van der Waals surface area contributed by atoms with E-state index in [2.05, 4.69) is 4.90 Å². The summed E-state index contributed by atoms with van der Waals surface area (Å²) < 4.78 is 36.0. The molecule has 0 aliphatic carbocycles. The zero-order chi connectivity index (χ0) is 11.8. The third-order valence-electron chi connectivity index (χ3n) is 3.57. The lowest BCUT2D eigenvalue weighted by Crippen LogP contribution is -2.43. The molecule has 2 unspecified atom stereocenters. The summed E-state index contributed by atoms with van der Waals surface area (Å²) in [6.45, 7) is 0.488. The summed E-state index contributed by atoms with van der Waals surface area (Å²) in [6.07, 6.45) is -1.57. The second-order valence-electron chi connectivity index (χ2n) is 4.79. The molecule has 0 aromatic rings. The van der Waals surface area contributed by atoms with E-state index >= 15 is 0 Å². The minimum absolute atomic E-state index is 0.157. The van der Waals surface area contributed by atoms with Crippen LogP contribution in [0.5, 0.6) is 0 Å². The van der Waals surface area contributed by atoms with Gasteiger partial charge in [0.15, 0.2) is 0 Å². The van der Waals surface area contributed by atoms with Crippen LogP contribution >= 0.6 is 0 Å². The normalized spacial score (nSPS) is 31.1. The highest BCUT2D eigenvalue weighted by Gasteiger charge is 2.40. The number of hydrogen-bond acceptors (Lipinski definition) is 2. The van der Waals surface area contributed by atoms with Crippen LogP contribution in [0.4, 0.5) is 13.2 Å². The first-order valence-corrected chi connectivity index (χ1v) is 5.80. The third kappa shape index (κ3) is 2.75. The predicted octanol–water partition coefficient (Wildman–Crippen LogP) is 2.52. The fourth-order valence-corrected chi connectivity index (χ4v) is 2.89. The number of fused-ring (bicyclic) bond motifs is 2. The smallest absolute Gasteiger partial charge is 0.300 e. The van der Waals surface area contributed by atoms with Crippen molar-refractivity contribution in [3.05, 3.63) is 0 Å². The Kier molecular flexibility index (Phi) is 3.24. The maximum absolute atomic E-state index is 12.0. The van der Waals surface area contributed by atoms with Crippen LogP contribution in [0.2, 0.25) is 0 Å². The van der Waals surface area contributed by atoms with Gasteiger partial charge in [0.05, 0.1) is 0 Å². The zero-order valence-electron chi connectivity index (χ0n) is 9.09. The second kappa shape index (κ2) is 4.35. The summed E-state index contributed by atoms with van der Waals surface area (Å²) in [7, 11) is 0. The summed E-state index contributed by atoms with van der Waals surface area (Å²) in [5.74, 6) is 0.277. The molecule has 2 rings (SSSR count). The van der Waals surface area contributed by atoms with Gasteiger partial charge in [-0.1, -0.05) is 0 Å². The summed E-state index contributed by atoms with van der Waals surface area (Å²) in [5.41, 5.74) is 0. The van der Waals surface area contributed by atoms with Crippen molar-refractivity contribution in [2.75, 3.05) is 6.54 Å². The minimum Gasteiger partial charge on any atom is -0.300 e. The highest BCUT2D eigenvalue weighted by Crippen LogP contribution is 2.34. The summed E-state index contributed by atoms with van der Waals surface area (Å²) in [5, 5.41) is 0. The summed E-state index contributed by atoms with van der Waals surface area (Å²) >= 11 is 0.